The van der Waals surface area contributed by atoms with E-state index in [0.717, 1.165) is 11.1 Å². The average Bonchev–Trinajstić information content (AvgIpc) is 2.16. The van der Waals surface area contributed by atoms with E-state index in [1.165, 1.54) is 0 Å². The maximum atomic E-state index is 10.7. The van der Waals surface area contributed by atoms with Gasteiger partial charge >= 0.3 is 5.97 Å². The molecule has 13 heavy (non-hydrogen) atoms. The van der Waals surface area contributed by atoms with E-state index in [1.54, 1.807) is 12.1 Å². The molecule has 0 aromatic heterocycles. The lowest BCUT2D eigenvalue weighted by atomic mass is 10.0. The van der Waals surface area contributed by atoms with Crippen molar-refractivity contribution in [2.75, 3.05) is 0 Å². The highest BCUT2D eigenvalue weighted by atomic mass is 35.5. The first-order valence-electron chi connectivity index (χ1n) is 4.10. The molecule has 2 nitrogen and oxygen atoms in total. The highest BCUT2D eigenvalue weighted by Crippen LogP contribution is 2.14. The van der Waals surface area contributed by atoms with Gasteiger partial charge in [0.2, 0.25) is 0 Å². The topological polar surface area (TPSA) is 37.3 Å². The van der Waals surface area contributed by atoms with Crippen LogP contribution in [0.15, 0.2) is 18.2 Å². The Kier molecular flexibility index (Phi) is 3.32. The fourth-order valence-corrected chi connectivity index (χ4v) is 1.40. The van der Waals surface area contributed by atoms with Crippen molar-refractivity contribution in [2.45, 2.75) is 19.2 Å². The summed E-state index contributed by atoms with van der Waals surface area (Å²) in [4.78, 5) is 10.7. The highest BCUT2D eigenvalue weighted by molar-refractivity contribution is 6.17. The van der Waals surface area contributed by atoms with Gasteiger partial charge in [0.1, 0.15) is 0 Å². The van der Waals surface area contributed by atoms with E-state index in [0.29, 0.717) is 17.9 Å². The van der Waals surface area contributed by atoms with E-state index in [9.17, 15) is 4.79 Å². The summed E-state index contributed by atoms with van der Waals surface area (Å²) in [6.45, 7) is 1.93. The normalized spacial score (nSPS) is 10.0. The first-order valence-corrected chi connectivity index (χ1v) is 4.63. The van der Waals surface area contributed by atoms with E-state index in [2.05, 4.69) is 0 Å². The number of alkyl halides is 1. The summed E-state index contributed by atoms with van der Waals surface area (Å²) in [5.41, 5.74) is 2.17. The minimum absolute atomic E-state index is 0.372. The minimum Gasteiger partial charge on any atom is -0.478 e. The molecule has 0 aliphatic rings. The third-order valence-electron chi connectivity index (χ3n) is 1.94. The number of aromatic carboxylic acids is 1. The van der Waals surface area contributed by atoms with Crippen molar-refractivity contribution < 1.29 is 9.90 Å². The summed E-state index contributed by atoms with van der Waals surface area (Å²) < 4.78 is 0. The van der Waals surface area contributed by atoms with Crippen LogP contribution >= 0.6 is 11.6 Å². The summed E-state index contributed by atoms with van der Waals surface area (Å²) in [6, 6.07) is 5.20. The van der Waals surface area contributed by atoms with Crippen LogP contribution in [0.25, 0.3) is 0 Å². The van der Waals surface area contributed by atoms with Crippen molar-refractivity contribution in [1.29, 1.82) is 0 Å². The van der Waals surface area contributed by atoms with Crippen LogP contribution < -0.4 is 0 Å². The lowest BCUT2D eigenvalue weighted by Gasteiger charge is -2.04. The van der Waals surface area contributed by atoms with Gasteiger partial charge < -0.3 is 5.11 Å². The molecule has 0 amide bonds. The molecule has 0 spiro atoms. The molecular weight excluding hydrogens is 188 g/mol. The zero-order valence-electron chi connectivity index (χ0n) is 7.38. The molecule has 0 aliphatic carbocycles. The van der Waals surface area contributed by atoms with Gasteiger partial charge in [-0.1, -0.05) is 19.1 Å². The van der Waals surface area contributed by atoms with E-state index >= 15 is 0 Å². The van der Waals surface area contributed by atoms with E-state index in [4.69, 9.17) is 16.7 Å². The number of rotatable bonds is 3. The van der Waals surface area contributed by atoms with Crippen LogP contribution in [-0.2, 0) is 12.3 Å². The van der Waals surface area contributed by atoms with Gasteiger partial charge in [0.25, 0.3) is 0 Å². The van der Waals surface area contributed by atoms with E-state index < -0.39 is 5.97 Å². The summed E-state index contributed by atoms with van der Waals surface area (Å²) in [6.07, 6.45) is 0.715. The van der Waals surface area contributed by atoms with Crippen LogP contribution in [0.5, 0.6) is 0 Å². The van der Waals surface area contributed by atoms with Crippen LogP contribution in [0.2, 0.25) is 0 Å². The van der Waals surface area contributed by atoms with Gasteiger partial charge in [-0.05, 0) is 23.6 Å². The number of aryl methyl sites for hydroxylation is 1. The third kappa shape index (κ3) is 2.22. The van der Waals surface area contributed by atoms with E-state index in [-0.39, 0.29) is 0 Å². The number of hydrogen-bond donors (Lipinski definition) is 1. The van der Waals surface area contributed by atoms with Gasteiger partial charge in [-0.15, -0.1) is 11.6 Å². The Bertz CT molecular complexity index is 321. The predicted octanol–water partition coefficient (Wildman–Crippen LogP) is 2.69. The highest BCUT2D eigenvalue weighted by Gasteiger charge is 2.08. The number of carboxylic acid groups (broad SMARTS) is 1. The molecule has 1 rings (SSSR count). The largest absolute Gasteiger partial charge is 0.478 e. The summed E-state index contributed by atoms with van der Waals surface area (Å²) in [7, 11) is 0. The van der Waals surface area contributed by atoms with Crippen molar-refractivity contribution in [2.24, 2.45) is 0 Å². The Morgan fingerprint density at radius 3 is 2.69 bits per heavy atom. The molecule has 0 heterocycles. The molecule has 0 bridgehead atoms. The van der Waals surface area contributed by atoms with Gasteiger partial charge in [0.05, 0.1) is 5.56 Å². The molecule has 0 fully saturated rings. The number of carbonyl (C=O) groups is 1. The van der Waals surface area contributed by atoms with Crippen molar-refractivity contribution in [3.8, 4) is 0 Å². The third-order valence-corrected chi connectivity index (χ3v) is 2.24. The lowest BCUT2D eigenvalue weighted by Crippen LogP contribution is -2.02. The smallest absolute Gasteiger partial charge is 0.335 e. The number of hydrogen-bond acceptors (Lipinski definition) is 1. The van der Waals surface area contributed by atoms with Gasteiger partial charge in [-0.2, -0.15) is 0 Å². The summed E-state index contributed by atoms with van der Waals surface area (Å²) in [5.74, 6) is -0.453. The fourth-order valence-electron chi connectivity index (χ4n) is 1.23. The molecule has 3 heteroatoms. The fraction of sp³-hybridized carbons (Fsp3) is 0.300. The maximum Gasteiger partial charge on any atom is 0.335 e. The van der Waals surface area contributed by atoms with Crippen molar-refractivity contribution in [3.63, 3.8) is 0 Å². The van der Waals surface area contributed by atoms with Gasteiger partial charge in [0.15, 0.2) is 0 Å². The summed E-state index contributed by atoms with van der Waals surface area (Å²) in [5, 5.41) is 8.83. The quantitative estimate of drug-likeness (QED) is 0.759. The molecule has 0 unspecified atom stereocenters. The number of halogens is 1. The first kappa shape index (κ1) is 10.1. The Morgan fingerprint density at radius 2 is 2.23 bits per heavy atom. The lowest BCUT2D eigenvalue weighted by molar-refractivity contribution is 0.0696. The Morgan fingerprint density at radius 1 is 1.54 bits per heavy atom. The standard InChI is InChI=1S/C10H11ClO2/c1-2-8-5-7(6-11)3-4-9(8)10(12)13/h3-5H,2,6H2,1H3,(H,12,13). The second-order valence-corrected chi connectivity index (χ2v) is 3.05. The van der Waals surface area contributed by atoms with Gasteiger partial charge in [0, 0.05) is 5.88 Å². The second kappa shape index (κ2) is 4.28. The molecule has 0 saturated heterocycles. The van der Waals surface area contributed by atoms with Gasteiger partial charge in [-0.25, -0.2) is 4.79 Å². The van der Waals surface area contributed by atoms with Crippen molar-refractivity contribution in [3.05, 3.63) is 34.9 Å². The minimum atomic E-state index is -0.877. The SMILES string of the molecule is CCc1cc(CCl)ccc1C(=O)O. The predicted molar refractivity (Wildman–Crippen MR) is 52.3 cm³/mol. The average molecular weight is 199 g/mol. The molecular formula is C10H11ClO2. The van der Waals surface area contributed by atoms with E-state index in [1.807, 2.05) is 13.0 Å². The zero-order valence-corrected chi connectivity index (χ0v) is 8.14. The monoisotopic (exact) mass is 198 g/mol. The molecule has 70 valence electrons. The van der Waals surface area contributed by atoms with Crippen LogP contribution in [0.4, 0.5) is 0 Å². The molecule has 1 aromatic carbocycles. The van der Waals surface area contributed by atoms with Crippen LogP contribution in [0, 0.1) is 0 Å². The first-order chi connectivity index (χ1) is 6.19. The van der Waals surface area contributed by atoms with Crippen molar-refractivity contribution >= 4 is 17.6 Å². The molecule has 0 atom stereocenters. The van der Waals surface area contributed by atoms with Crippen molar-refractivity contribution in [1.82, 2.24) is 0 Å². The molecule has 1 N–H and O–H groups in total. The number of benzene rings is 1. The summed E-state index contributed by atoms with van der Waals surface area (Å²) >= 11 is 5.64. The second-order valence-electron chi connectivity index (χ2n) is 2.78. The molecule has 0 saturated carbocycles. The van der Waals surface area contributed by atoms with Crippen LogP contribution in [0.3, 0.4) is 0 Å². The molecule has 1 aromatic rings. The number of carboxylic acids is 1. The Labute approximate surface area is 82.2 Å². The molecule has 0 radical (unpaired) electrons. The molecule has 0 aliphatic heterocycles. The Balaban J connectivity index is 3.15. The zero-order chi connectivity index (χ0) is 9.84. The Hall–Kier alpha value is -1.02. The van der Waals surface area contributed by atoms with Crippen LogP contribution in [0.1, 0.15) is 28.4 Å². The van der Waals surface area contributed by atoms with Crippen LogP contribution in [-0.4, -0.2) is 11.1 Å². The van der Waals surface area contributed by atoms with Gasteiger partial charge in [-0.3, -0.25) is 0 Å². The maximum absolute atomic E-state index is 10.7.